The molecule has 0 atom stereocenters. The highest BCUT2D eigenvalue weighted by Gasteiger charge is 2.10. The van der Waals surface area contributed by atoms with Crippen molar-refractivity contribution in [2.24, 2.45) is 0 Å². The van der Waals surface area contributed by atoms with Crippen molar-refractivity contribution < 1.29 is 4.74 Å². The van der Waals surface area contributed by atoms with E-state index in [0.717, 1.165) is 17.1 Å². The third-order valence-corrected chi connectivity index (χ3v) is 3.52. The number of anilines is 2. The summed E-state index contributed by atoms with van der Waals surface area (Å²) >= 11 is 0. The Labute approximate surface area is 138 Å². The monoisotopic (exact) mass is 318 g/mol. The lowest BCUT2D eigenvalue weighted by molar-refractivity contribution is 0.415. The smallest absolute Gasteiger partial charge is 0.203 e. The average molecular weight is 318 g/mol. The Morgan fingerprint density at radius 2 is 1.83 bits per heavy atom. The first-order chi connectivity index (χ1) is 11.8. The summed E-state index contributed by atoms with van der Waals surface area (Å²) in [6.45, 7) is 0. The molecule has 118 valence electrons. The topological polar surface area (TPSA) is 77.2 Å². The molecular weight excluding hydrogens is 304 g/mol. The predicted molar refractivity (Wildman–Crippen MR) is 90.3 cm³/mol. The van der Waals surface area contributed by atoms with Crippen LogP contribution in [0.5, 0.6) is 5.75 Å². The van der Waals surface area contributed by atoms with Gasteiger partial charge in [-0.2, -0.15) is 4.52 Å². The molecule has 0 saturated heterocycles. The molecule has 0 amide bonds. The lowest BCUT2D eigenvalue weighted by Crippen LogP contribution is -2.01. The molecule has 4 aromatic rings. The van der Waals surface area contributed by atoms with E-state index in [1.54, 1.807) is 17.8 Å². The minimum Gasteiger partial charge on any atom is -0.497 e. The zero-order chi connectivity index (χ0) is 16.4. The summed E-state index contributed by atoms with van der Waals surface area (Å²) in [7, 11) is 1.64. The SMILES string of the molecule is COc1ccc(Nc2ccc3nnc(-c4ccccn4)n3n2)cc1. The fourth-order valence-corrected chi connectivity index (χ4v) is 2.33. The molecule has 0 unspecified atom stereocenters. The van der Waals surface area contributed by atoms with Gasteiger partial charge in [0.15, 0.2) is 11.5 Å². The molecule has 0 fully saturated rings. The van der Waals surface area contributed by atoms with Gasteiger partial charge in [-0.3, -0.25) is 4.98 Å². The van der Waals surface area contributed by atoms with Gasteiger partial charge in [-0.15, -0.1) is 15.3 Å². The van der Waals surface area contributed by atoms with Crippen LogP contribution in [0, 0.1) is 0 Å². The van der Waals surface area contributed by atoms with Crippen molar-refractivity contribution in [1.82, 2.24) is 24.8 Å². The van der Waals surface area contributed by atoms with Crippen LogP contribution in [0.25, 0.3) is 17.2 Å². The molecule has 0 aliphatic heterocycles. The number of methoxy groups -OCH3 is 1. The highest BCUT2D eigenvalue weighted by atomic mass is 16.5. The Morgan fingerprint density at radius 1 is 0.958 bits per heavy atom. The first kappa shape index (κ1) is 14.1. The van der Waals surface area contributed by atoms with E-state index in [1.807, 2.05) is 54.6 Å². The van der Waals surface area contributed by atoms with Crippen molar-refractivity contribution in [1.29, 1.82) is 0 Å². The standard InChI is InChI=1S/C17H14N6O/c1-24-13-7-5-12(6-8-13)19-15-9-10-16-20-21-17(23(16)22-15)14-4-2-3-11-18-14/h2-11H,1H3,(H,19,22). The molecule has 7 heteroatoms. The van der Waals surface area contributed by atoms with Crippen LogP contribution in [0.1, 0.15) is 0 Å². The molecular formula is C17H14N6O. The van der Waals surface area contributed by atoms with Gasteiger partial charge < -0.3 is 10.1 Å². The normalized spacial score (nSPS) is 10.7. The molecule has 1 N–H and O–H groups in total. The van der Waals surface area contributed by atoms with Gasteiger partial charge in [-0.25, -0.2) is 0 Å². The number of pyridine rings is 1. The number of fused-ring (bicyclic) bond motifs is 1. The number of ether oxygens (including phenoxy) is 1. The molecule has 0 aliphatic rings. The Balaban J connectivity index is 1.69. The van der Waals surface area contributed by atoms with Crippen LogP contribution < -0.4 is 10.1 Å². The average Bonchev–Trinajstić information content (AvgIpc) is 3.06. The maximum absolute atomic E-state index is 5.16. The van der Waals surface area contributed by atoms with E-state index < -0.39 is 0 Å². The number of aromatic nitrogens is 5. The van der Waals surface area contributed by atoms with Crippen LogP contribution in [-0.2, 0) is 0 Å². The third kappa shape index (κ3) is 2.63. The van der Waals surface area contributed by atoms with Gasteiger partial charge in [0.05, 0.1) is 7.11 Å². The van der Waals surface area contributed by atoms with Crippen molar-refractivity contribution in [2.45, 2.75) is 0 Å². The Hall–Kier alpha value is -3.48. The van der Waals surface area contributed by atoms with E-state index >= 15 is 0 Å². The zero-order valence-electron chi connectivity index (χ0n) is 12.9. The summed E-state index contributed by atoms with van der Waals surface area (Å²) in [6.07, 6.45) is 1.72. The van der Waals surface area contributed by atoms with Gasteiger partial charge in [0, 0.05) is 11.9 Å². The Bertz CT molecular complexity index is 965. The summed E-state index contributed by atoms with van der Waals surface area (Å²) in [4.78, 5) is 4.31. The van der Waals surface area contributed by atoms with E-state index in [9.17, 15) is 0 Å². The predicted octanol–water partition coefficient (Wildman–Crippen LogP) is 2.94. The van der Waals surface area contributed by atoms with Crippen LogP contribution in [0.4, 0.5) is 11.5 Å². The molecule has 0 spiro atoms. The minimum atomic E-state index is 0.601. The van der Waals surface area contributed by atoms with Gasteiger partial charge in [-0.1, -0.05) is 6.07 Å². The van der Waals surface area contributed by atoms with E-state index in [-0.39, 0.29) is 0 Å². The fourth-order valence-electron chi connectivity index (χ4n) is 2.33. The second-order valence-electron chi connectivity index (χ2n) is 5.08. The number of nitrogens with zero attached hydrogens (tertiary/aromatic N) is 5. The number of benzene rings is 1. The number of nitrogens with one attached hydrogen (secondary N) is 1. The van der Waals surface area contributed by atoms with Crippen LogP contribution in [0.15, 0.2) is 60.8 Å². The van der Waals surface area contributed by atoms with Gasteiger partial charge in [0.25, 0.3) is 0 Å². The van der Waals surface area contributed by atoms with Crippen molar-refractivity contribution in [3.8, 4) is 17.3 Å². The molecule has 1 aromatic carbocycles. The summed E-state index contributed by atoms with van der Waals surface area (Å²) < 4.78 is 6.84. The summed E-state index contributed by atoms with van der Waals surface area (Å²) in [6, 6.07) is 17.0. The summed E-state index contributed by atoms with van der Waals surface area (Å²) in [5.41, 5.74) is 2.30. The summed E-state index contributed by atoms with van der Waals surface area (Å²) in [5, 5.41) is 16.1. The van der Waals surface area contributed by atoms with Crippen LogP contribution in [-0.4, -0.2) is 31.9 Å². The number of hydrogen-bond acceptors (Lipinski definition) is 6. The van der Waals surface area contributed by atoms with Gasteiger partial charge in [0.1, 0.15) is 11.4 Å². The van der Waals surface area contributed by atoms with Gasteiger partial charge in [0.2, 0.25) is 5.82 Å². The maximum atomic E-state index is 5.16. The van der Waals surface area contributed by atoms with E-state index in [2.05, 4.69) is 25.6 Å². The van der Waals surface area contributed by atoms with E-state index in [1.165, 1.54) is 0 Å². The third-order valence-electron chi connectivity index (χ3n) is 3.52. The van der Waals surface area contributed by atoms with Gasteiger partial charge in [-0.05, 0) is 48.5 Å². The lowest BCUT2D eigenvalue weighted by atomic mass is 10.3. The highest BCUT2D eigenvalue weighted by Crippen LogP contribution is 2.20. The van der Waals surface area contributed by atoms with Gasteiger partial charge >= 0.3 is 0 Å². The first-order valence-electron chi connectivity index (χ1n) is 7.38. The lowest BCUT2D eigenvalue weighted by Gasteiger charge is -2.07. The van der Waals surface area contributed by atoms with Crippen molar-refractivity contribution in [3.05, 3.63) is 60.8 Å². The van der Waals surface area contributed by atoms with E-state index in [4.69, 9.17) is 4.74 Å². The molecule has 0 bridgehead atoms. The number of hydrogen-bond donors (Lipinski definition) is 1. The molecule has 7 nitrogen and oxygen atoms in total. The maximum Gasteiger partial charge on any atom is 0.203 e. The molecule has 0 aliphatic carbocycles. The largest absolute Gasteiger partial charge is 0.497 e. The molecule has 3 heterocycles. The zero-order valence-corrected chi connectivity index (χ0v) is 12.9. The van der Waals surface area contributed by atoms with Crippen molar-refractivity contribution in [2.75, 3.05) is 12.4 Å². The quantitative estimate of drug-likeness (QED) is 0.623. The Morgan fingerprint density at radius 3 is 2.58 bits per heavy atom. The highest BCUT2D eigenvalue weighted by molar-refractivity contribution is 5.60. The number of rotatable bonds is 4. The van der Waals surface area contributed by atoms with E-state index in [0.29, 0.717) is 17.3 Å². The fraction of sp³-hybridized carbons (Fsp3) is 0.0588. The van der Waals surface area contributed by atoms with Crippen LogP contribution in [0.2, 0.25) is 0 Å². The summed E-state index contributed by atoms with van der Waals surface area (Å²) in [5.74, 6) is 2.09. The molecule has 24 heavy (non-hydrogen) atoms. The molecule has 0 saturated carbocycles. The molecule has 3 aromatic heterocycles. The van der Waals surface area contributed by atoms with Crippen molar-refractivity contribution >= 4 is 17.2 Å². The second kappa shape index (κ2) is 5.96. The van der Waals surface area contributed by atoms with Crippen molar-refractivity contribution in [3.63, 3.8) is 0 Å². The molecule has 4 rings (SSSR count). The second-order valence-corrected chi connectivity index (χ2v) is 5.08. The first-order valence-corrected chi connectivity index (χ1v) is 7.38. The van der Waals surface area contributed by atoms with Crippen LogP contribution in [0.3, 0.4) is 0 Å². The van der Waals surface area contributed by atoms with Crippen LogP contribution >= 0.6 is 0 Å². The molecule has 0 radical (unpaired) electrons. The Kier molecular flexibility index (Phi) is 3.51. The minimum absolute atomic E-state index is 0.601.